The van der Waals surface area contributed by atoms with Crippen molar-refractivity contribution in [3.05, 3.63) is 63.2 Å². The fraction of sp³-hybridized carbons (Fsp3) is 0.316. The van der Waals surface area contributed by atoms with Gasteiger partial charge in [-0.05, 0) is 50.1 Å². The number of nitrogens with zero attached hydrogens (tertiary/aromatic N) is 1. The lowest BCUT2D eigenvalue weighted by molar-refractivity contribution is -0.385. The van der Waals surface area contributed by atoms with Gasteiger partial charge in [0.2, 0.25) is 5.91 Å². The highest BCUT2D eigenvalue weighted by atomic mass is 35.5. The van der Waals surface area contributed by atoms with Crippen LogP contribution in [0.3, 0.4) is 0 Å². The minimum atomic E-state index is -3.98. The fourth-order valence-electron chi connectivity index (χ4n) is 3.53. The molecule has 2 aromatic rings. The molecule has 1 amide bonds. The summed E-state index contributed by atoms with van der Waals surface area (Å²) in [5.74, 6) is -0.668. The summed E-state index contributed by atoms with van der Waals surface area (Å²) in [4.78, 5) is 23.7. The first-order chi connectivity index (χ1) is 13.2. The molecule has 0 saturated heterocycles. The second-order valence-electron chi connectivity index (χ2n) is 6.87. The number of carbonyl (C=O) groups excluding carboxylic acids is 1. The molecule has 0 unspecified atom stereocenters. The Hall–Kier alpha value is -2.45. The maximum absolute atomic E-state index is 13.3. The van der Waals surface area contributed by atoms with E-state index in [0.29, 0.717) is 23.4 Å². The number of halogens is 1. The van der Waals surface area contributed by atoms with Gasteiger partial charge in [-0.1, -0.05) is 30.5 Å². The molecular weight excluding hydrogens is 404 g/mol. The average Bonchev–Trinajstić information content (AvgIpc) is 3.15. The lowest BCUT2D eigenvalue weighted by Gasteiger charge is -2.27. The molecule has 0 aliphatic heterocycles. The second kappa shape index (κ2) is 7.52. The predicted octanol–water partition coefficient (Wildman–Crippen LogP) is 4.28. The number of amides is 1. The molecule has 2 aromatic carbocycles. The summed E-state index contributed by atoms with van der Waals surface area (Å²) in [5.41, 5.74) is 0.506. The molecule has 0 aromatic heterocycles. The van der Waals surface area contributed by atoms with E-state index >= 15 is 0 Å². The Labute approximate surface area is 167 Å². The van der Waals surface area contributed by atoms with E-state index in [1.807, 2.05) is 0 Å². The highest BCUT2D eigenvalue weighted by Gasteiger charge is 2.53. The van der Waals surface area contributed by atoms with Gasteiger partial charge in [-0.25, -0.2) is 8.42 Å². The zero-order valence-electron chi connectivity index (χ0n) is 15.1. The van der Waals surface area contributed by atoms with Crippen molar-refractivity contribution in [1.82, 2.24) is 0 Å². The summed E-state index contributed by atoms with van der Waals surface area (Å²) in [7, 11) is -3.98. The van der Waals surface area contributed by atoms with E-state index in [-0.39, 0.29) is 29.1 Å². The number of carbonyl (C=O) groups is 1. The zero-order chi connectivity index (χ0) is 20.5. The van der Waals surface area contributed by atoms with Crippen molar-refractivity contribution in [3.63, 3.8) is 0 Å². The Morgan fingerprint density at radius 3 is 2.32 bits per heavy atom. The number of rotatable bonds is 5. The van der Waals surface area contributed by atoms with Crippen LogP contribution >= 0.6 is 11.6 Å². The number of sulfone groups is 1. The Balaban J connectivity index is 1.98. The standard InChI is InChI=1S/C19H19ClN2O5S/c1-13-4-7-15(12-17(13)22(24)25)21-18(23)19(10-2-3-11-19)28(26,27)16-8-5-14(20)6-9-16/h4-9,12H,2-3,10-11H2,1H3,(H,21,23). The number of benzene rings is 2. The third-order valence-electron chi connectivity index (χ3n) is 5.13. The van der Waals surface area contributed by atoms with E-state index in [1.165, 1.54) is 42.5 Å². The zero-order valence-corrected chi connectivity index (χ0v) is 16.7. The quantitative estimate of drug-likeness (QED) is 0.571. The van der Waals surface area contributed by atoms with Crippen LogP contribution in [-0.4, -0.2) is 24.0 Å². The number of nitro groups is 1. The van der Waals surface area contributed by atoms with Crippen molar-refractivity contribution in [2.45, 2.75) is 42.2 Å². The van der Waals surface area contributed by atoms with E-state index in [4.69, 9.17) is 11.6 Å². The highest BCUT2D eigenvalue weighted by Crippen LogP contribution is 2.41. The van der Waals surface area contributed by atoms with Gasteiger partial charge in [0.25, 0.3) is 5.69 Å². The summed E-state index contributed by atoms with van der Waals surface area (Å²) >= 11 is 5.85. The van der Waals surface area contributed by atoms with Gasteiger partial charge in [-0.15, -0.1) is 0 Å². The summed E-state index contributed by atoms with van der Waals surface area (Å²) in [6.07, 6.45) is 1.60. The summed E-state index contributed by atoms with van der Waals surface area (Å²) in [6, 6.07) is 10.0. The van der Waals surface area contributed by atoms with Crippen molar-refractivity contribution in [2.24, 2.45) is 0 Å². The predicted molar refractivity (Wildman–Crippen MR) is 106 cm³/mol. The molecule has 0 heterocycles. The minimum Gasteiger partial charge on any atom is -0.324 e. The Morgan fingerprint density at radius 1 is 1.14 bits per heavy atom. The topological polar surface area (TPSA) is 106 Å². The van der Waals surface area contributed by atoms with E-state index in [1.54, 1.807) is 6.92 Å². The van der Waals surface area contributed by atoms with Crippen LogP contribution in [-0.2, 0) is 14.6 Å². The monoisotopic (exact) mass is 422 g/mol. The number of nitro benzene ring substituents is 1. The molecule has 1 aliphatic carbocycles. The largest absolute Gasteiger partial charge is 0.324 e. The van der Waals surface area contributed by atoms with Crippen LogP contribution in [0.15, 0.2) is 47.4 Å². The minimum absolute atomic E-state index is 0.0313. The Bertz CT molecular complexity index is 1030. The molecule has 1 N–H and O–H groups in total. The molecular formula is C19H19ClN2O5S. The molecule has 1 fully saturated rings. The van der Waals surface area contributed by atoms with Crippen LogP contribution in [0.5, 0.6) is 0 Å². The highest BCUT2D eigenvalue weighted by molar-refractivity contribution is 7.93. The van der Waals surface area contributed by atoms with Crippen LogP contribution in [0.2, 0.25) is 5.02 Å². The number of hydrogen-bond acceptors (Lipinski definition) is 5. The van der Waals surface area contributed by atoms with Gasteiger partial charge in [0.15, 0.2) is 14.6 Å². The molecule has 1 aliphatic rings. The Kier molecular flexibility index (Phi) is 5.45. The number of nitrogens with one attached hydrogen (secondary N) is 1. The van der Waals surface area contributed by atoms with Gasteiger partial charge < -0.3 is 5.32 Å². The number of hydrogen-bond donors (Lipinski definition) is 1. The smallest absolute Gasteiger partial charge is 0.274 e. The molecule has 28 heavy (non-hydrogen) atoms. The molecule has 0 spiro atoms. The maximum Gasteiger partial charge on any atom is 0.274 e. The molecule has 7 nitrogen and oxygen atoms in total. The summed E-state index contributed by atoms with van der Waals surface area (Å²) < 4.78 is 25.0. The maximum atomic E-state index is 13.3. The van der Waals surface area contributed by atoms with Crippen molar-refractivity contribution in [1.29, 1.82) is 0 Å². The van der Waals surface area contributed by atoms with Gasteiger partial charge in [0, 0.05) is 22.3 Å². The van der Waals surface area contributed by atoms with Gasteiger partial charge >= 0.3 is 0 Å². The SMILES string of the molecule is Cc1ccc(NC(=O)C2(S(=O)(=O)c3ccc(Cl)cc3)CCCC2)cc1[N+](=O)[O-]. The number of anilines is 1. The first kappa shape index (κ1) is 20.3. The summed E-state index contributed by atoms with van der Waals surface area (Å²) in [5, 5.41) is 14.1. The van der Waals surface area contributed by atoms with E-state index in [0.717, 1.165) is 0 Å². The van der Waals surface area contributed by atoms with Gasteiger partial charge in [-0.2, -0.15) is 0 Å². The van der Waals surface area contributed by atoms with Gasteiger partial charge in [0.1, 0.15) is 0 Å². The van der Waals surface area contributed by atoms with Crippen molar-refractivity contribution < 1.29 is 18.1 Å². The first-order valence-corrected chi connectivity index (χ1v) is 10.6. The molecule has 3 rings (SSSR count). The Morgan fingerprint density at radius 2 is 1.75 bits per heavy atom. The van der Waals surface area contributed by atoms with Crippen LogP contribution < -0.4 is 5.32 Å². The lowest BCUT2D eigenvalue weighted by Crippen LogP contribution is -2.47. The molecule has 1 saturated carbocycles. The molecule has 9 heteroatoms. The molecule has 0 bridgehead atoms. The van der Waals surface area contributed by atoms with Gasteiger partial charge in [-0.3, -0.25) is 14.9 Å². The van der Waals surface area contributed by atoms with E-state index < -0.39 is 25.4 Å². The molecule has 148 valence electrons. The van der Waals surface area contributed by atoms with E-state index in [2.05, 4.69) is 5.32 Å². The van der Waals surface area contributed by atoms with Crippen LogP contribution in [0.4, 0.5) is 11.4 Å². The van der Waals surface area contributed by atoms with E-state index in [9.17, 15) is 23.3 Å². The molecule has 0 atom stereocenters. The van der Waals surface area contributed by atoms with Crippen molar-refractivity contribution in [2.75, 3.05) is 5.32 Å². The van der Waals surface area contributed by atoms with Crippen LogP contribution in [0.25, 0.3) is 0 Å². The third kappa shape index (κ3) is 3.49. The third-order valence-corrected chi connectivity index (χ3v) is 7.89. The lowest BCUT2D eigenvalue weighted by atomic mass is 10.1. The second-order valence-corrected chi connectivity index (χ2v) is 9.57. The van der Waals surface area contributed by atoms with Gasteiger partial charge in [0.05, 0.1) is 9.82 Å². The summed E-state index contributed by atoms with van der Waals surface area (Å²) in [6.45, 7) is 1.59. The van der Waals surface area contributed by atoms with Crippen LogP contribution in [0.1, 0.15) is 31.2 Å². The normalized spacial score (nSPS) is 15.9. The molecule has 0 radical (unpaired) electrons. The fourth-order valence-corrected chi connectivity index (χ4v) is 5.72. The van der Waals surface area contributed by atoms with Crippen molar-refractivity contribution in [3.8, 4) is 0 Å². The first-order valence-electron chi connectivity index (χ1n) is 8.74. The number of aryl methyl sites for hydroxylation is 1. The van der Waals surface area contributed by atoms with Crippen molar-refractivity contribution >= 4 is 38.7 Å². The average molecular weight is 423 g/mol. The van der Waals surface area contributed by atoms with Crippen LogP contribution in [0, 0.1) is 17.0 Å².